The Labute approximate surface area is 151 Å². The maximum atomic E-state index is 14.6. The Morgan fingerprint density at radius 2 is 1.18 bits per heavy atom. The second-order valence-electron chi connectivity index (χ2n) is 6.49. The van der Waals surface area contributed by atoms with E-state index in [0.29, 0.717) is 5.56 Å². The standard InChI is InChI=1S/C16H13F11O/c1-2-8-4-3-5-9(6-8)10(28)7-11(17)12(18,19)14(22,23)16(26,27)15(24,25)13(11,20)21/h3-6,10,28H,2,7H2,1H3. The fraction of sp³-hybridized carbons (Fsp3) is 0.625. The summed E-state index contributed by atoms with van der Waals surface area (Å²) in [6, 6.07) is 4.53. The van der Waals surface area contributed by atoms with E-state index in [9.17, 15) is 53.4 Å². The van der Waals surface area contributed by atoms with E-state index in [1.807, 2.05) is 0 Å². The second-order valence-corrected chi connectivity index (χ2v) is 6.49. The van der Waals surface area contributed by atoms with Crippen molar-refractivity contribution in [2.45, 2.75) is 61.2 Å². The average molecular weight is 430 g/mol. The molecule has 0 radical (unpaired) electrons. The maximum Gasteiger partial charge on any atom is 0.384 e. The van der Waals surface area contributed by atoms with Gasteiger partial charge in [0.1, 0.15) is 0 Å². The zero-order valence-electron chi connectivity index (χ0n) is 13.9. The quantitative estimate of drug-likeness (QED) is 0.620. The van der Waals surface area contributed by atoms with E-state index >= 15 is 0 Å². The first-order valence-electron chi connectivity index (χ1n) is 7.77. The number of rotatable bonds is 4. The van der Waals surface area contributed by atoms with Crippen LogP contribution in [0.3, 0.4) is 0 Å². The van der Waals surface area contributed by atoms with Crippen molar-refractivity contribution in [1.82, 2.24) is 0 Å². The molecule has 1 N–H and O–H groups in total. The third-order valence-corrected chi connectivity index (χ3v) is 4.79. The Morgan fingerprint density at radius 3 is 1.61 bits per heavy atom. The molecule has 1 aliphatic carbocycles. The van der Waals surface area contributed by atoms with Gasteiger partial charge in [-0.2, -0.15) is 43.9 Å². The summed E-state index contributed by atoms with van der Waals surface area (Å²) in [7, 11) is 0. The van der Waals surface area contributed by atoms with Crippen LogP contribution in [0.15, 0.2) is 24.3 Å². The van der Waals surface area contributed by atoms with Gasteiger partial charge in [0, 0.05) is 6.42 Å². The molecule has 12 heteroatoms. The van der Waals surface area contributed by atoms with E-state index in [2.05, 4.69) is 0 Å². The molecule has 0 heterocycles. The molecule has 1 nitrogen and oxygen atoms in total. The summed E-state index contributed by atoms with van der Waals surface area (Å²) >= 11 is 0. The first-order chi connectivity index (χ1) is 12.4. The lowest BCUT2D eigenvalue weighted by molar-refractivity contribution is -0.487. The molecule has 0 spiro atoms. The number of benzene rings is 1. The third kappa shape index (κ3) is 2.48. The van der Waals surface area contributed by atoms with E-state index in [1.54, 1.807) is 6.92 Å². The van der Waals surface area contributed by atoms with E-state index in [1.165, 1.54) is 12.1 Å². The predicted molar refractivity (Wildman–Crippen MR) is 74.0 cm³/mol. The van der Waals surface area contributed by atoms with Gasteiger partial charge in [-0.1, -0.05) is 31.2 Å². The summed E-state index contributed by atoms with van der Waals surface area (Å²) in [6.45, 7) is 1.58. The highest BCUT2D eigenvalue weighted by atomic mass is 19.4. The summed E-state index contributed by atoms with van der Waals surface area (Å²) in [4.78, 5) is 0. The zero-order valence-corrected chi connectivity index (χ0v) is 13.9. The van der Waals surface area contributed by atoms with Crippen LogP contribution in [0.5, 0.6) is 0 Å². The molecular formula is C16H13F11O. The highest BCUT2D eigenvalue weighted by Gasteiger charge is 3.00. The Morgan fingerprint density at radius 1 is 0.750 bits per heavy atom. The van der Waals surface area contributed by atoms with Crippen molar-refractivity contribution in [3.63, 3.8) is 0 Å². The van der Waals surface area contributed by atoms with Crippen molar-refractivity contribution in [1.29, 1.82) is 0 Å². The van der Waals surface area contributed by atoms with Crippen LogP contribution in [-0.2, 0) is 6.42 Å². The number of hydrogen-bond acceptors (Lipinski definition) is 1. The number of alkyl halides is 11. The van der Waals surface area contributed by atoms with Gasteiger partial charge in [-0.25, -0.2) is 4.39 Å². The zero-order chi connectivity index (χ0) is 22.0. The number of hydrogen-bond donors (Lipinski definition) is 1. The molecule has 0 aliphatic heterocycles. The van der Waals surface area contributed by atoms with Gasteiger partial charge in [-0.3, -0.25) is 0 Å². The van der Waals surface area contributed by atoms with E-state index in [4.69, 9.17) is 0 Å². The second kappa shape index (κ2) is 6.20. The van der Waals surface area contributed by atoms with Gasteiger partial charge in [0.15, 0.2) is 0 Å². The molecule has 1 saturated carbocycles. The van der Waals surface area contributed by atoms with Crippen LogP contribution < -0.4 is 0 Å². The Bertz CT molecular complexity index is 714. The molecule has 1 unspecified atom stereocenters. The van der Waals surface area contributed by atoms with E-state index < -0.39 is 53.4 Å². The number of halogens is 11. The predicted octanol–water partition coefficient (Wildman–Crippen LogP) is 5.57. The highest BCUT2D eigenvalue weighted by molar-refractivity contribution is 5.30. The summed E-state index contributed by atoms with van der Waals surface area (Å²) < 4.78 is 150. The molecular weight excluding hydrogens is 417 g/mol. The smallest absolute Gasteiger partial charge is 0.384 e. The number of aliphatic hydroxyl groups excluding tert-OH is 1. The minimum Gasteiger partial charge on any atom is -0.388 e. The van der Waals surface area contributed by atoms with Gasteiger partial charge in [0.2, 0.25) is 0 Å². The van der Waals surface area contributed by atoms with Crippen LogP contribution in [0.2, 0.25) is 0 Å². The molecule has 0 amide bonds. The lowest BCUT2D eigenvalue weighted by atomic mass is 9.69. The van der Waals surface area contributed by atoms with Crippen molar-refractivity contribution in [3.05, 3.63) is 35.4 Å². The Balaban J connectivity index is 2.62. The molecule has 0 saturated heterocycles. The van der Waals surface area contributed by atoms with Crippen LogP contribution >= 0.6 is 0 Å². The minimum atomic E-state index is -7.25. The molecule has 0 aromatic heterocycles. The summed E-state index contributed by atoms with van der Waals surface area (Å²) in [5.41, 5.74) is -6.32. The molecule has 1 aromatic rings. The topological polar surface area (TPSA) is 20.2 Å². The minimum absolute atomic E-state index is 0.274. The SMILES string of the molecule is CCc1cccc(C(O)CC2(F)C(F)(F)C(F)(F)C(F)(F)C(F)(F)C2(F)F)c1. The normalized spacial score (nSPS) is 27.2. The lowest BCUT2D eigenvalue weighted by Crippen LogP contribution is -2.83. The summed E-state index contributed by atoms with van der Waals surface area (Å²) in [5, 5.41) is 9.81. The maximum absolute atomic E-state index is 14.6. The van der Waals surface area contributed by atoms with Crippen LogP contribution in [0.25, 0.3) is 0 Å². The Hall–Kier alpha value is -1.59. The molecule has 1 fully saturated rings. The monoisotopic (exact) mass is 430 g/mol. The van der Waals surface area contributed by atoms with E-state index in [-0.39, 0.29) is 6.42 Å². The van der Waals surface area contributed by atoms with Gasteiger partial charge in [0.05, 0.1) is 6.10 Å². The van der Waals surface area contributed by atoms with Crippen LogP contribution in [0.1, 0.15) is 30.6 Å². The Kier molecular flexibility index (Phi) is 5.03. The summed E-state index contributed by atoms with van der Waals surface area (Å²) in [5.74, 6) is -35.4. The largest absolute Gasteiger partial charge is 0.388 e. The van der Waals surface area contributed by atoms with E-state index in [0.717, 1.165) is 12.1 Å². The van der Waals surface area contributed by atoms with Crippen molar-refractivity contribution in [2.75, 3.05) is 0 Å². The van der Waals surface area contributed by atoms with Gasteiger partial charge >= 0.3 is 29.6 Å². The van der Waals surface area contributed by atoms with Gasteiger partial charge < -0.3 is 5.11 Å². The van der Waals surface area contributed by atoms with Crippen molar-refractivity contribution in [2.24, 2.45) is 0 Å². The average Bonchev–Trinajstić information content (AvgIpc) is 2.59. The van der Waals surface area contributed by atoms with Crippen LogP contribution in [0, 0.1) is 0 Å². The molecule has 28 heavy (non-hydrogen) atoms. The fourth-order valence-electron chi connectivity index (χ4n) is 2.95. The first-order valence-corrected chi connectivity index (χ1v) is 7.77. The van der Waals surface area contributed by atoms with Crippen molar-refractivity contribution < 1.29 is 53.4 Å². The lowest BCUT2D eigenvalue weighted by Gasteiger charge is -2.52. The van der Waals surface area contributed by atoms with Crippen molar-refractivity contribution in [3.8, 4) is 0 Å². The van der Waals surface area contributed by atoms with Gasteiger partial charge in [-0.15, -0.1) is 0 Å². The molecule has 2 rings (SSSR count). The first kappa shape index (κ1) is 22.7. The van der Waals surface area contributed by atoms with Crippen LogP contribution in [0.4, 0.5) is 48.3 Å². The third-order valence-electron chi connectivity index (χ3n) is 4.79. The molecule has 0 bridgehead atoms. The molecule has 160 valence electrons. The molecule has 1 atom stereocenters. The van der Waals surface area contributed by atoms with Crippen molar-refractivity contribution >= 4 is 0 Å². The summed E-state index contributed by atoms with van der Waals surface area (Å²) in [6.07, 6.45) is -5.09. The van der Waals surface area contributed by atoms with Gasteiger partial charge in [0.25, 0.3) is 5.67 Å². The molecule has 1 aromatic carbocycles. The van der Waals surface area contributed by atoms with Crippen LogP contribution in [-0.4, -0.2) is 40.4 Å². The number of aliphatic hydroxyl groups is 1. The highest BCUT2D eigenvalue weighted by Crippen LogP contribution is 2.70. The number of aryl methyl sites for hydroxylation is 1. The van der Waals surface area contributed by atoms with Gasteiger partial charge in [-0.05, 0) is 17.5 Å². The fourth-order valence-corrected chi connectivity index (χ4v) is 2.95. The molecule has 1 aliphatic rings.